The van der Waals surface area contributed by atoms with Crippen molar-refractivity contribution in [3.63, 3.8) is 0 Å². The van der Waals surface area contributed by atoms with Gasteiger partial charge in [-0.05, 0) is 17.7 Å². The van der Waals surface area contributed by atoms with Gasteiger partial charge in [0.15, 0.2) is 0 Å². The number of aromatic amines is 1. The zero-order chi connectivity index (χ0) is 13.2. The van der Waals surface area contributed by atoms with Crippen molar-refractivity contribution in [2.75, 3.05) is 6.54 Å². The number of halogens is 4. The van der Waals surface area contributed by atoms with Crippen molar-refractivity contribution in [1.82, 2.24) is 10.3 Å². The van der Waals surface area contributed by atoms with Crippen LogP contribution in [0.25, 0.3) is 10.9 Å². The van der Waals surface area contributed by atoms with E-state index in [0.29, 0.717) is 11.6 Å². The molecule has 0 spiro atoms. The van der Waals surface area contributed by atoms with Gasteiger partial charge in [0.25, 0.3) is 0 Å². The Labute approximate surface area is 107 Å². The van der Waals surface area contributed by atoms with Crippen molar-refractivity contribution in [3.05, 3.63) is 35.0 Å². The van der Waals surface area contributed by atoms with Gasteiger partial charge in [0, 0.05) is 35.2 Å². The molecule has 1 heterocycles. The van der Waals surface area contributed by atoms with Crippen LogP contribution in [0.4, 0.5) is 13.2 Å². The normalized spacial score (nSPS) is 12.2. The van der Waals surface area contributed by atoms with E-state index in [-0.39, 0.29) is 6.54 Å². The summed E-state index contributed by atoms with van der Waals surface area (Å²) < 4.78 is 35.9. The minimum atomic E-state index is -4.11. The Balaban J connectivity index is 1.96. The van der Waals surface area contributed by atoms with E-state index >= 15 is 0 Å². The van der Waals surface area contributed by atoms with Crippen molar-refractivity contribution in [3.8, 4) is 0 Å². The quantitative estimate of drug-likeness (QED) is 0.816. The monoisotopic (exact) mass is 276 g/mol. The Hall–Kier alpha value is -1.20. The van der Waals surface area contributed by atoms with Crippen molar-refractivity contribution < 1.29 is 13.2 Å². The summed E-state index contributed by atoms with van der Waals surface area (Å²) in [6, 6.07) is 5.40. The molecular formula is C12H12ClF3N2. The van der Waals surface area contributed by atoms with Gasteiger partial charge in [0.2, 0.25) is 0 Å². The first-order valence-corrected chi connectivity index (χ1v) is 5.86. The Morgan fingerprint density at radius 2 is 2.06 bits per heavy atom. The molecule has 2 nitrogen and oxygen atoms in total. The van der Waals surface area contributed by atoms with Crippen LogP contribution in [0.5, 0.6) is 0 Å². The summed E-state index contributed by atoms with van der Waals surface area (Å²) in [5.41, 5.74) is 1.82. The largest absolute Gasteiger partial charge is 0.390 e. The summed E-state index contributed by atoms with van der Waals surface area (Å²) >= 11 is 5.84. The average Bonchev–Trinajstić information content (AvgIpc) is 2.65. The van der Waals surface area contributed by atoms with Gasteiger partial charge in [0.1, 0.15) is 0 Å². The molecular weight excluding hydrogens is 265 g/mol. The number of nitrogens with one attached hydrogen (secondary N) is 2. The smallest absolute Gasteiger partial charge is 0.361 e. The number of rotatable bonds is 4. The zero-order valence-corrected chi connectivity index (χ0v) is 10.2. The van der Waals surface area contributed by atoms with Crippen molar-refractivity contribution in [2.45, 2.75) is 19.1 Å². The molecule has 6 heteroatoms. The number of aromatic nitrogens is 1. The number of hydrogen-bond acceptors (Lipinski definition) is 1. The Bertz CT molecular complexity index is 534. The molecule has 0 aliphatic rings. The fraction of sp³-hybridized carbons (Fsp3) is 0.333. The third kappa shape index (κ3) is 3.40. The van der Waals surface area contributed by atoms with E-state index in [1.165, 1.54) is 0 Å². The fourth-order valence-corrected chi connectivity index (χ4v) is 1.93. The predicted molar refractivity (Wildman–Crippen MR) is 65.7 cm³/mol. The standard InChI is InChI=1S/C12H12ClF3N2/c13-9-1-2-10-8(7-18-11(10)5-9)6-17-4-3-12(14,15)16/h1-2,5,7,17-18H,3-4,6H2. The molecule has 1 aromatic carbocycles. The minimum absolute atomic E-state index is 0.0796. The molecule has 2 rings (SSSR count). The van der Waals surface area contributed by atoms with Gasteiger partial charge in [-0.25, -0.2) is 0 Å². The van der Waals surface area contributed by atoms with E-state index in [4.69, 9.17) is 11.6 Å². The lowest BCUT2D eigenvalue weighted by molar-refractivity contribution is -0.133. The summed E-state index contributed by atoms with van der Waals surface area (Å²) in [5, 5.41) is 4.38. The Morgan fingerprint density at radius 3 is 2.78 bits per heavy atom. The molecule has 1 aromatic heterocycles. The van der Waals surface area contributed by atoms with Crippen molar-refractivity contribution in [2.24, 2.45) is 0 Å². The third-order valence-electron chi connectivity index (χ3n) is 2.63. The first-order valence-electron chi connectivity index (χ1n) is 5.49. The summed E-state index contributed by atoms with van der Waals surface area (Å²) in [6.45, 7) is 0.321. The molecule has 2 N–H and O–H groups in total. The topological polar surface area (TPSA) is 27.8 Å². The summed E-state index contributed by atoms with van der Waals surface area (Å²) in [6.07, 6.45) is -3.15. The maximum absolute atomic E-state index is 12.0. The van der Waals surface area contributed by atoms with Crippen LogP contribution in [0.15, 0.2) is 24.4 Å². The first-order chi connectivity index (χ1) is 8.46. The van der Waals surface area contributed by atoms with Crippen LogP contribution in [-0.4, -0.2) is 17.7 Å². The Kier molecular flexibility index (Phi) is 3.82. The molecule has 0 aliphatic heterocycles. The highest BCUT2D eigenvalue weighted by atomic mass is 35.5. The molecule has 0 saturated carbocycles. The highest BCUT2D eigenvalue weighted by molar-refractivity contribution is 6.31. The van der Waals surface area contributed by atoms with E-state index in [1.807, 2.05) is 6.07 Å². The molecule has 0 aliphatic carbocycles. The van der Waals surface area contributed by atoms with Crippen LogP contribution in [-0.2, 0) is 6.54 Å². The molecule has 0 fully saturated rings. The number of benzene rings is 1. The van der Waals surface area contributed by atoms with E-state index in [9.17, 15) is 13.2 Å². The Morgan fingerprint density at radius 1 is 1.28 bits per heavy atom. The van der Waals surface area contributed by atoms with Gasteiger partial charge >= 0.3 is 6.18 Å². The summed E-state index contributed by atoms with van der Waals surface area (Å²) in [7, 11) is 0. The van der Waals surface area contributed by atoms with Gasteiger partial charge in [-0.15, -0.1) is 0 Å². The lowest BCUT2D eigenvalue weighted by atomic mass is 10.2. The lowest BCUT2D eigenvalue weighted by Gasteiger charge is -2.07. The molecule has 0 saturated heterocycles. The summed E-state index contributed by atoms with van der Waals surface area (Å²) in [5.74, 6) is 0. The van der Waals surface area contributed by atoms with Crippen molar-refractivity contribution >= 4 is 22.5 Å². The second-order valence-electron chi connectivity index (χ2n) is 4.05. The van der Waals surface area contributed by atoms with Gasteiger partial charge in [-0.2, -0.15) is 13.2 Å². The molecule has 0 amide bonds. The lowest BCUT2D eigenvalue weighted by Crippen LogP contribution is -2.21. The first kappa shape index (κ1) is 13.2. The van der Waals surface area contributed by atoms with Crippen LogP contribution in [0.2, 0.25) is 5.02 Å². The summed E-state index contributed by atoms with van der Waals surface area (Å²) in [4.78, 5) is 3.04. The maximum Gasteiger partial charge on any atom is 0.390 e. The van der Waals surface area contributed by atoms with Crippen LogP contribution in [0.1, 0.15) is 12.0 Å². The number of H-pyrrole nitrogens is 1. The zero-order valence-electron chi connectivity index (χ0n) is 9.44. The van der Waals surface area contributed by atoms with Crippen molar-refractivity contribution in [1.29, 1.82) is 0 Å². The molecule has 98 valence electrons. The van der Waals surface area contributed by atoms with Crippen LogP contribution in [0, 0.1) is 0 Å². The van der Waals surface area contributed by atoms with Crippen LogP contribution >= 0.6 is 11.6 Å². The number of alkyl halides is 3. The predicted octanol–water partition coefficient (Wildman–Crippen LogP) is 3.86. The fourth-order valence-electron chi connectivity index (χ4n) is 1.76. The van der Waals surface area contributed by atoms with Gasteiger partial charge in [-0.3, -0.25) is 0 Å². The molecule has 0 radical (unpaired) electrons. The molecule has 0 unspecified atom stereocenters. The molecule has 2 aromatic rings. The highest BCUT2D eigenvalue weighted by Crippen LogP contribution is 2.22. The third-order valence-corrected chi connectivity index (χ3v) is 2.87. The molecule has 0 atom stereocenters. The van der Waals surface area contributed by atoms with E-state index < -0.39 is 12.6 Å². The van der Waals surface area contributed by atoms with Crippen LogP contribution < -0.4 is 5.32 Å². The van der Waals surface area contributed by atoms with Gasteiger partial charge < -0.3 is 10.3 Å². The molecule has 0 bridgehead atoms. The highest BCUT2D eigenvalue weighted by Gasteiger charge is 2.25. The van der Waals surface area contributed by atoms with Crippen LogP contribution in [0.3, 0.4) is 0 Å². The number of hydrogen-bond donors (Lipinski definition) is 2. The number of fused-ring (bicyclic) bond motifs is 1. The SMILES string of the molecule is FC(F)(F)CCNCc1c[nH]c2cc(Cl)ccc12. The van der Waals surface area contributed by atoms with E-state index in [2.05, 4.69) is 10.3 Å². The van der Waals surface area contributed by atoms with Gasteiger partial charge in [0.05, 0.1) is 6.42 Å². The molecule has 18 heavy (non-hydrogen) atoms. The van der Waals surface area contributed by atoms with E-state index in [0.717, 1.165) is 16.5 Å². The van der Waals surface area contributed by atoms with Gasteiger partial charge in [-0.1, -0.05) is 17.7 Å². The second kappa shape index (κ2) is 5.20. The second-order valence-corrected chi connectivity index (χ2v) is 4.48. The minimum Gasteiger partial charge on any atom is -0.361 e. The maximum atomic E-state index is 12.0. The average molecular weight is 277 g/mol. The van der Waals surface area contributed by atoms with E-state index in [1.54, 1.807) is 18.3 Å².